The molecule has 0 bridgehead atoms. The second-order valence-corrected chi connectivity index (χ2v) is 3.26. The van der Waals surface area contributed by atoms with Crippen molar-refractivity contribution >= 4 is 0 Å². The van der Waals surface area contributed by atoms with E-state index in [9.17, 15) is 13.2 Å². The van der Waals surface area contributed by atoms with Gasteiger partial charge in [0.1, 0.15) is 6.04 Å². The first kappa shape index (κ1) is 12.0. The van der Waals surface area contributed by atoms with E-state index in [2.05, 4.69) is 10.3 Å². The molecule has 0 aromatic carbocycles. The van der Waals surface area contributed by atoms with Crippen LogP contribution in [-0.2, 0) is 0 Å². The zero-order valence-electron chi connectivity index (χ0n) is 8.60. The fourth-order valence-corrected chi connectivity index (χ4v) is 1.38. The maximum Gasteiger partial charge on any atom is 0.407 e. The van der Waals surface area contributed by atoms with Gasteiger partial charge in [0.05, 0.1) is 0 Å². The van der Waals surface area contributed by atoms with Crippen molar-refractivity contribution in [2.45, 2.75) is 26.1 Å². The highest BCUT2D eigenvalue weighted by molar-refractivity contribution is 5.26. The van der Waals surface area contributed by atoms with E-state index in [0.717, 1.165) is 0 Å². The summed E-state index contributed by atoms with van der Waals surface area (Å²) in [4.78, 5) is 3.72. The minimum atomic E-state index is -4.29. The molecule has 5 heteroatoms. The fraction of sp³-hybridized carbons (Fsp3) is 0.500. The van der Waals surface area contributed by atoms with Gasteiger partial charge in [0, 0.05) is 12.4 Å². The van der Waals surface area contributed by atoms with Gasteiger partial charge in [0.15, 0.2) is 0 Å². The summed E-state index contributed by atoms with van der Waals surface area (Å²) < 4.78 is 38.0. The Bertz CT molecular complexity index is 323. The molecule has 1 atom stereocenters. The van der Waals surface area contributed by atoms with Crippen molar-refractivity contribution in [3.05, 3.63) is 29.6 Å². The number of pyridine rings is 1. The lowest BCUT2D eigenvalue weighted by Crippen LogP contribution is -2.34. The Morgan fingerprint density at radius 1 is 1.47 bits per heavy atom. The van der Waals surface area contributed by atoms with Crippen LogP contribution < -0.4 is 5.32 Å². The standard InChI is InChI=1S/C10H13F3N2/c1-3-15-9(10(11,12)13)8-6-14-5-4-7(8)2/h4-6,9,15H,3H2,1-2H3. The molecule has 0 saturated carbocycles. The first-order valence-corrected chi connectivity index (χ1v) is 4.67. The molecule has 1 N–H and O–H groups in total. The largest absolute Gasteiger partial charge is 0.407 e. The summed E-state index contributed by atoms with van der Waals surface area (Å²) >= 11 is 0. The van der Waals surface area contributed by atoms with Gasteiger partial charge in [0.25, 0.3) is 0 Å². The number of aryl methyl sites for hydroxylation is 1. The van der Waals surface area contributed by atoms with E-state index in [1.807, 2.05) is 0 Å². The molecule has 0 aliphatic carbocycles. The lowest BCUT2D eigenvalue weighted by Gasteiger charge is -2.22. The predicted octanol–water partition coefficient (Wildman–Crippen LogP) is 2.60. The monoisotopic (exact) mass is 218 g/mol. The van der Waals surface area contributed by atoms with Gasteiger partial charge >= 0.3 is 6.18 Å². The molecule has 0 spiro atoms. The van der Waals surface area contributed by atoms with Crippen LogP contribution >= 0.6 is 0 Å². The van der Waals surface area contributed by atoms with Crippen LogP contribution in [0.1, 0.15) is 24.1 Å². The summed E-state index contributed by atoms with van der Waals surface area (Å²) in [5.41, 5.74) is 0.778. The number of nitrogens with zero attached hydrogens (tertiary/aromatic N) is 1. The molecule has 0 aliphatic heterocycles. The molecule has 0 saturated heterocycles. The van der Waals surface area contributed by atoms with E-state index < -0.39 is 12.2 Å². The van der Waals surface area contributed by atoms with E-state index in [1.54, 1.807) is 19.9 Å². The quantitative estimate of drug-likeness (QED) is 0.843. The SMILES string of the molecule is CCNC(c1cnccc1C)C(F)(F)F. The molecule has 1 aromatic heterocycles. The average molecular weight is 218 g/mol. The summed E-state index contributed by atoms with van der Waals surface area (Å²) in [5.74, 6) is 0. The van der Waals surface area contributed by atoms with Gasteiger partial charge in [-0.25, -0.2) is 0 Å². The van der Waals surface area contributed by atoms with Crippen LogP contribution in [0.3, 0.4) is 0 Å². The smallest absolute Gasteiger partial charge is 0.303 e. The van der Waals surface area contributed by atoms with Crippen molar-refractivity contribution in [3.63, 3.8) is 0 Å². The van der Waals surface area contributed by atoms with Crippen LogP contribution in [-0.4, -0.2) is 17.7 Å². The van der Waals surface area contributed by atoms with E-state index in [0.29, 0.717) is 5.56 Å². The first-order chi connectivity index (χ1) is 6.96. The molecule has 15 heavy (non-hydrogen) atoms. The number of alkyl halides is 3. The average Bonchev–Trinajstić information content (AvgIpc) is 2.14. The molecule has 0 fully saturated rings. The third-order valence-electron chi connectivity index (χ3n) is 2.13. The predicted molar refractivity (Wildman–Crippen MR) is 51.4 cm³/mol. The molecular formula is C10H13F3N2. The molecule has 0 amide bonds. The number of aromatic nitrogens is 1. The van der Waals surface area contributed by atoms with Crippen molar-refractivity contribution in [3.8, 4) is 0 Å². The highest BCUT2D eigenvalue weighted by Gasteiger charge is 2.40. The summed E-state index contributed by atoms with van der Waals surface area (Å²) in [5, 5.41) is 2.41. The van der Waals surface area contributed by atoms with Gasteiger partial charge in [-0.3, -0.25) is 4.98 Å². The number of hydrogen-bond donors (Lipinski definition) is 1. The zero-order chi connectivity index (χ0) is 11.5. The number of nitrogens with one attached hydrogen (secondary N) is 1. The van der Waals surface area contributed by atoms with Crippen molar-refractivity contribution in [2.24, 2.45) is 0 Å². The highest BCUT2D eigenvalue weighted by Crippen LogP contribution is 2.33. The van der Waals surface area contributed by atoms with E-state index in [4.69, 9.17) is 0 Å². The third-order valence-corrected chi connectivity index (χ3v) is 2.13. The molecule has 0 radical (unpaired) electrons. The molecule has 1 unspecified atom stereocenters. The van der Waals surface area contributed by atoms with Gasteiger partial charge < -0.3 is 5.32 Å². The molecular weight excluding hydrogens is 205 g/mol. The Morgan fingerprint density at radius 2 is 2.13 bits per heavy atom. The summed E-state index contributed by atoms with van der Waals surface area (Å²) in [6, 6.07) is -0.0537. The zero-order valence-corrected chi connectivity index (χ0v) is 8.60. The van der Waals surface area contributed by atoms with Gasteiger partial charge in [-0.15, -0.1) is 0 Å². The summed E-state index contributed by atoms with van der Waals surface area (Å²) in [6.45, 7) is 3.55. The van der Waals surface area contributed by atoms with Crippen molar-refractivity contribution < 1.29 is 13.2 Å². The first-order valence-electron chi connectivity index (χ1n) is 4.67. The summed E-state index contributed by atoms with van der Waals surface area (Å²) in [7, 11) is 0. The normalized spacial score (nSPS) is 13.9. The van der Waals surface area contributed by atoms with Gasteiger partial charge in [-0.1, -0.05) is 6.92 Å². The Morgan fingerprint density at radius 3 is 2.60 bits per heavy atom. The molecule has 2 nitrogen and oxygen atoms in total. The van der Waals surface area contributed by atoms with Crippen molar-refractivity contribution in [2.75, 3.05) is 6.54 Å². The minimum absolute atomic E-state index is 0.187. The van der Waals surface area contributed by atoms with Crippen LogP contribution in [0.15, 0.2) is 18.5 Å². The maximum atomic E-state index is 12.7. The maximum absolute atomic E-state index is 12.7. The fourth-order valence-electron chi connectivity index (χ4n) is 1.38. The molecule has 0 aliphatic rings. The van der Waals surface area contributed by atoms with Gasteiger partial charge in [0.2, 0.25) is 0 Å². The molecule has 1 aromatic rings. The number of halogens is 3. The Balaban J connectivity index is 3.05. The molecule has 1 rings (SSSR count). The van der Waals surface area contributed by atoms with E-state index in [-0.39, 0.29) is 12.1 Å². The van der Waals surface area contributed by atoms with Crippen molar-refractivity contribution in [1.29, 1.82) is 0 Å². The van der Waals surface area contributed by atoms with E-state index >= 15 is 0 Å². The second-order valence-electron chi connectivity index (χ2n) is 3.26. The van der Waals surface area contributed by atoms with E-state index in [1.165, 1.54) is 12.4 Å². The summed E-state index contributed by atoms with van der Waals surface area (Å²) in [6.07, 6.45) is -1.54. The Kier molecular flexibility index (Phi) is 3.68. The molecule has 1 heterocycles. The van der Waals surface area contributed by atoms with Crippen LogP contribution in [0.25, 0.3) is 0 Å². The Hall–Kier alpha value is -1.10. The van der Waals surface area contributed by atoms with Crippen LogP contribution in [0.4, 0.5) is 13.2 Å². The second kappa shape index (κ2) is 4.61. The Labute approximate surface area is 86.5 Å². The van der Waals surface area contributed by atoms with Crippen molar-refractivity contribution in [1.82, 2.24) is 10.3 Å². The minimum Gasteiger partial charge on any atom is -0.303 e. The lowest BCUT2D eigenvalue weighted by molar-refractivity contribution is -0.157. The van der Waals surface area contributed by atoms with Crippen LogP contribution in [0, 0.1) is 6.92 Å². The van der Waals surface area contributed by atoms with Crippen LogP contribution in [0.5, 0.6) is 0 Å². The van der Waals surface area contributed by atoms with Gasteiger partial charge in [-0.2, -0.15) is 13.2 Å². The highest BCUT2D eigenvalue weighted by atomic mass is 19.4. The topological polar surface area (TPSA) is 24.9 Å². The number of rotatable bonds is 3. The lowest BCUT2D eigenvalue weighted by atomic mass is 10.0. The molecule has 84 valence electrons. The number of hydrogen-bond acceptors (Lipinski definition) is 2. The van der Waals surface area contributed by atoms with Gasteiger partial charge in [-0.05, 0) is 30.7 Å². The van der Waals surface area contributed by atoms with Crippen LogP contribution in [0.2, 0.25) is 0 Å². The third kappa shape index (κ3) is 2.92.